The predicted molar refractivity (Wildman–Crippen MR) is 117 cm³/mol. The van der Waals surface area contributed by atoms with Gasteiger partial charge in [0.15, 0.2) is 0 Å². The van der Waals surface area contributed by atoms with E-state index in [0.29, 0.717) is 5.92 Å². The first-order valence-corrected chi connectivity index (χ1v) is 11.4. The number of hydrogen-bond donors (Lipinski definition) is 0. The lowest BCUT2D eigenvalue weighted by Gasteiger charge is -2.20. The lowest BCUT2D eigenvalue weighted by Crippen LogP contribution is -2.08. The van der Waals surface area contributed by atoms with Crippen LogP contribution in [0.2, 0.25) is 0 Å². The maximum Gasteiger partial charge on any atom is 0.131 e. The first-order chi connectivity index (χ1) is 13.9. The summed E-state index contributed by atoms with van der Waals surface area (Å²) in [5.41, 5.74) is 2.23. The molecule has 1 aliphatic rings. The minimum Gasteiger partial charge on any atom is -0.494 e. The van der Waals surface area contributed by atoms with Crippen LogP contribution in [0.3, 0.4) is 0 Å². The lowest BCUT2D eigenvalue weighted by molar-refractivity contribution is 0.304. The van der Waals surface area contributed by atoms with Gasteiger partial charge in [0.05, 0.1) is 6.61 Å². The van der Waals surface area contributed by atoms with Crippen LogP contribution in [-0.2, 0) is 0 Å². The molecule has 0 spiro atoms. The highest BCUT2D eigenvalue weighted by molar-refractivity contribution is 5.62. The predicted octanol–water partition coefficient (Wildman–Crippen LogP) is 7.32. The van der Waals surface area contributed by atoms with Crippen LogP contribution in [0.4, 0.5) is 0 Å². The average Bonchev–Trinajstić information content (AvgIpc) is 2.77. The Bertz CT molecular complexity index is 660. The van der Waals surface area contributed by atoms with Crippen LogP contribution >= 0.6 is 0 Å². The number of ether oxygens (including phenoxy) is 1. The van der Waals surface area contributed by atoms with Crippen LogP contribution in [0.15, 0.2) is 36.7 Å². The molecule has 1 aliphatic carbocycles. The van der Waals surface area contributed by atoms with Crippen LogP contribution in [-0.4, -0.2) is 16.6 Å². The largest absolute Gasteiger partial charge is 0.494 e. The Morgan fingerprint density at radius 3 is 2.11 bits per heavy atom. The van der Waals surface area contributed by atoms with Crippen molar-refractivity contribution in [1.29, 1.82) is 0 Å². The molecule has 1 heterocycles. The fourth-order valence-electron chi connectivity index (χ4n) is 4.05. The summed E-state index contributed by atoms with van der Waals surface area (Å²) in [6, 6.07) is 8.34. The lowest BCUT2D eigenvalue weighted by atomic mass is 9.88. The highest BCUT2D eigenvalue weighted by atomic mass is 16.5. The number of benzene rings is 1. The maximum absolute atomic E-state index is 5.89. The number of rotatable bonds is 11. The molecule has 0 atom stereocenters. The van der Waals surface area contributed by atoms with E-state index in [0.717, 1.165) is 35.7 Å². The molecule has 3 heteroatoms. The summed E-state index contributed by atoms with van der Waals surface area (Å²) < 4.78 is 5.89. The fraction of sp³-hybridized carbons (Fsp3) is 0.600. The van der Waals surface area contributed by atoms with Crippen LogP contribution in [0.5, 0.6) is 5.75 Å². The normalized spacial score (nSPS) is 14.9. The molecule has 0 saturated heterocycles. The minimum atomic E-state index is 0.560. The van der Waals surface area contributed by atoms with Crippen molar-refractivity contribution < 1.29 is 4.74 Å². The minimum absolute atomic E-state index is 0.560. The van der Waals surface area contributed by atoms with E-state index in [1.54, 1.807) is 0 Å². The first kappa shape index (κ1) is 20.8. The molecule has 1 aromatic heterocycles. The van der Waals surface area contributed by atoms with Gasteiger partial charge in [-0.3, -0.25) is 0 Å². The summed E-state index contributed by atoms with van der Waals surface area (Å²) in [5.74, 6) is 2.54. The quantitative estimate of drug-likeness (QED) is 0.383. The zero-order valence-electron chi connectivity index (χ0n) is 17.5. The molecular weight excluding hydrogens is 344 g/mol. The van der Waals surface area contributed by atoms with Crippen molar-refractivity contribution in [2.45, 2.75) is 89.9 Å². The monoisotopic (exact) mass is 380 g/mol. The van der Waals surface area contributed by atoms with Crippen LogP contribution < -0.4 is 4.74 Å². The fourth-order valence-corrected chi connectivity index (χ4v) is 4.05. The molecular formula is C25H36N2O. The molecule has 0 amide bonds. The van der Waals surface area contributed by atoms with Crippen LogP contribution in [0.1, 0.15) is 95.7 Å². The van der Waals surface area contributed by atoms with Crippen molar-refractivity contribution in [1.82, 2.24) is 9.97 Å². The Morgan fingerprint density at radius 1 is 0.786 bits per heavy atom. The van der Waals surface area contributed by atoms with Gasteiger partial charge < -0.3 is 4.74 Å². The van der Waals surface area contributed by atoms with Gasteiger partial charge in [-0.05, 0) is 37.0 Å². The number of unbranched alkanes of at least 4 members (excludes halogenated alkanes) is 6. The van der Waals surface area contributed by atoms with Gasteiger partial charge >= 0.3 is 0 Å². The zero-order chi connectivity index (χ0) is 19.4. The Labute approximate surface area is 171 Å². The molecule has 0 radical (unpaired) electrons. The summed E-state index contributed by atoms with van der Waals surface area (Å²) in [6.45, 7) is 3.07. The highest BCUT2D eigenvalue weighted by Gasteiger charge is 2.17. The van der Waals surface area contributed by atoms with E-state index >= 15 is 0 Å². The number of hydrogen-bond acceptors (Lipinski definition) is 3. The van der Waals surface area contributed by atoms with E-state index in [4.69, 9.17) is 4.74 Å². The van der Waals surface area contributed by atoms with Crippen molar-refractivity contribution in [3.63, 3.8) is 0 Å². The highest BCUT2D eigenvalue weighted by Crippen LogP contribution is 2.31. The summed E-state index contributed by atoms with van der Waals surface area (Å²) in [7, 11) is 0. The second-order valence-corrected chi connectivity index (χ2v) is 8.16. The number of nitrogens with zero attached hydrogens (tertiary/aromatic N) is 2. The van der Waals surface area contributed by atoms with E-state index in [2.05, 4.69) is 41.2 Å². The van der Waals surface area contributed by atoms with Crippen molar-refractivity contribution in [3.05, 3.63) is 42.5 Å². The van der Waals surface area contributed by atoms with Gasteiger partial charge in [0, 0.05) is 23.9 Å². The van der Waals surface area contributed by atoms with Gasteiger partial charge in [-0.25, -0.2) is 9.97 Å². The Kier molecular flexibility index (Phi) is 8.80. The molecule has 0 aliphatic heterocycles. The molecule has 1 fully saturated rings. The molecule has 28 heavy (non-hydrogen) atoms. The summed E-state index contributed by atoms with van der Waals surface area (Å²) in [5, 5.41) is 0. The van der Waals surface area contributed by atoms with Crippen molar-refractivity contribution in [3.8, 4) is 16.9 Å². The Hall–Kier alpha value is -1.90. The molecule has 0 bridgehead atoms. The Balaban J connectivity index is 1.41. The summed E-state index contributed by atoms with van der Waals surface area (Å²) in [4.78, 5) is 9.31. The maximum atomic E-state index is 5.89. The SMILES string of the molecule is CCCCCCCCCOc1ccc(-c2cnc(C3CCCCC3)nc2)cc1. The third kappa shape index (κ3) is 6.61. The van der Waals surface area contributed by atoms with E-state index < -0.39 is 0 Å². The number of aromatic nitrogens is 2. The molecule has 1 saturated carbocycles. The molecule has 1 aromatic carbocycles. The summed E-state index contributed by atoms with van der Waals surface area (Å²) >= 11 is 0. The van der Waals surface area contributed by atoms with Gasteiger partial charge in [-0.15, -0.1) is 0 Å². The van der Waals surface area contributed by atoms with Gasteiger partial charge in [-0.2, -0.15) is 0 Å². The first-order valence-electron chi connectivity index (χ1n) is 11.4. The molecule has 0 N–H and O–H groups in total. The van der Waals surface area contributed by atoms with E-state index in [9.17, 15) is 0 Å². The molecule has 2 aromatic rings. The van der Waals surface area contributed by atoms with Gasteiger partial charge in [-0.1, -0.05) is 76.8 Å². The molecule has 152 valence electrons. The van der Waals surface area contributed by atoms with Gasteiger partial charge in [0.2, 0.25) is 0 Å². The van der Waals surface area contributed by atoms with Crippen molar-refractivity contribution >= 4 is 0 Å². The standard InChI is InChI=1S/C25H36N2O/c1-2-3-4-5-6-7-11-18-28-24-16-14-21(15-17-24)23-19-26-25(27-20-23)22-12-9-8-10-13-22/h14-17,19-20,22H,2-13,18H2,1H3. The third-order valence-electron chi connectivity index (χ3n) is 5.85. The molecule has 3 nitrogen and oxygen atoms in total. The molecule has 3 rings (SSSR count). The Morgan fingerprint density at radius 2 is 1.43 bits per heavy atom. The van der Waals surface area contributed by atoms with Gasteiger partial charge in [0.25, 0.3) is 0 Å². The second-order valence-electron chi connectivity index (χ2n) is 8.16. The van der Waals surface area contributed by atoms with Gasteiger partial charge in [0.1, 0.15) is 11.6 Å². The average molecular weight is 381 g/mol. The van der Waals surface area contributed by atoms with Crippen LogP contribution in [0, 0.1) is 0 Å². The van der Waals surface area contributed by atoms with E-state index in [-0.39, 0.29) is 0 Å². The summed E-state index contributed by atoms with van der Waals surface area (Å²) in [6.07, 6.45) is 19.6. The topological polar surface area (TPSA) is 35.0 Å². The van der Waals surface area contributed by atoms with E-state index in [1.165, 1.54) is 70.6 Å². The second kappa shape index (κ2) is 11.8. The van der Waals surface area contributed by atoms with E-state index in [1.807, 2.05) is 12.4 Å². The van der Waals surface area contributed by atoms with Crippen LogP contribution in [0.25, 0.3) is 11.1 Å². The smallest absolute Gasteiger partial charge is 0.131 e. The zero-order valence-corrected chi connectivity index (χ0v) is 17.5. The van der Waals surface area contributed by atoms with Crippen molar-refractivity contribution in [2.75, 3.05) is 6.61 Å². The molecule has 0 unspecified atom stereocenters. The third-order valence-corrected chi connectivity index (χ3v) is 5.85. The van der Waals surface area contributed by atoms with Crippen molar-refractivity contribution in [2.24, 2.45) is 0 Å².